The van der Waals surface area contributed by atoms with Gasteiger partial charge < -0.3 is 80.9 Å². The second kappa shape index (κ2) is 35.1. The van der Waals surface area contributed by atoms with Crippen LogP contribution in [0.2, 0.25) is 0 Å². The first-order valence-corrected chi connectivity index (χ1v) is 16.0. The van der Waals surface area contributed by atoms with Crippen molar-refractivity contribution in [3.05, 3.63) is 18.2 Å². The summed E-state index contributed by atoms with van der Waals surface area (Å²) in [4.78, 5) is 66.3. The van der Waals surface area contributed by atoms with E-state index in [4.69, 9.17) is 75.9 Å². The zero-order chi connectivity index (χ0) is 42.1. The van der Waals surface area contributed by atoms with Crippen molar-refractivity contribution in [2.75, 3.05) is 13.2 Å². The number of hydrogen-bond acceptors (Lipinski definition) is 15. The molecule has 1 rings (SSSR count). The van der Waals surface area contributed by atoms with Crippen molar-refractivity contribution in [1.82, 2.24) is 9.97 Å². The number of unbranched alkanes of at least 4 members (excludes halogenated alkanes) is 1. The van der Waals surface area contributed by atoms with Crippen molar-refractivity contribution >= 4 is 35.8 Å². The smallest absolute Gasteiger partial charge is 0.322 e. The highest BCUT2D eigenvalue weighted by atomic mass is 16.4. The molecule has 1 aromatic heterocycles. The van der Waals surface area contributed by atoms with Gasteiger partial charge in [-0.1, -0.05) is 34.1 Å². The summed E-state index contributed by atoms with van der Waals surface area (Å²) in [5.41, 5.74) is 36.5. The van der Waals surface area contributed by atoms with E-state index in [1.807, 2.05) is 27.7 Å². The van der Waals surface area contributed by atoms with E-state index in [1.54, 1.807) is 6.20 Å². The molecule has 22 heteroatoms. The van der Waals surface area contributed by atoms with E-state index in [1.165, 1.54) is 13.3 Å². The van der Waals surface area contributed by atoms with Crippen LogP contribution in [0.4, 0.5) is 0 Å². The maximum absolute atomic E-state index is 10.3. The molecule has 0 spiro atoms. The number of carboxylic acid groups (broad SMARTS) is 6. The maximum atomic E-state index is 10.3. The number of nitrogens with zero attached hydrogens (tertiary/aromatic N) is 1. The molecule has 0 amide bonds. The number of rotatable bonds is 17. The third-order valence-electron chi connectivity index (χ3n) is 5.59. The number of aromatic amines is 1. The van der Waals surface area contributed by atoms with Gasteiger partial charge in [-0.2, -0.15) is 0 Å². The molecule has 0 radical (unpaired) electrons. The van der Waals surface area contributed by atoms with Gasteiger partial charge in [0.2, 0.25) is 0 Å². The van der Waals surface area contributed by atoms with Crippen LogP contribution in [0.25, 0.3) is 0 Å². The van der Waals surface area contributed by atoms with Gasteiger partial charge in [-0.25, -0.2) is 4.98 Å². The standard InChI is InChI=1S/C6H9N3O2.C6H14N2O2.2C6H13NO2.C3H7NO3.C3H7NO2/c7-5(6(10)11)1-4-2-8-3-9-4;7-4-2-1-3-5(8)6(9)10;2*1-4(2)3-5(7)6(8)9;4-2(1-5)3(6)7;1-2(4)3(5)6/h2-3,5H,1,7H2,(H,8,9)(H,10,11);5H,1-4,7-8H2,(H,9,10);2*4-5H,3,7H2,1-2H3,(H,8,9);2,5H,1,4H2,(H,6,7);2H,4H2,1H3,(H,5,6)/t4*5-;2*2-/m001011/s1. The topological polar surface area (TPSA) is 455 Å². The van der Waals surface area contributed by atoms with E-state index < -0.39 is 78.7 Å². The largest absolute Gasteiger partial charge is 0.480 e. The summed E-state index contributed by atoms with van der Waals surface area (Å²) in [6, 6.07) is -4.80. The van der Waals surface area contributed by atoms with Crippen LogP contribution in [0.5, 0.6) is 0 Å². The molecule has 306 valence electrons. The van der Waals surface area contributed by atoms with Gasteiger partial charge in [0.25, 0.3) is 0 Å². The van der Waals surface area contributed by atoms with E-state index in [0.717, 1.165) is 18.5 Å². The van der Waals surface area contributed by atoms with Gasteiger partial charge in [0.05, 0.1) is 12.9 Å². The Morgan fingerprint density at radius 1 is 0.615 bits per heavy atom. The maximum Gasteiger partial charge on any atom is 0.322 e. The van der Waals surface area contributed by atoms with Gasteiger partial charge in [0.1, 0.15) is 36.3 Å². The van der Waals surface area contributed by atoms with Crippen LogP contribution < -0.4 is 40.1 Å². The molecule has 0 fully saturated rings. The van der Waals surface area contributed by atoms with Crippen LogP contribution in [0.1, 0.15) is 72.4 Å². The van der Waals surface area contributed by atoms with Gasteiger partial charge in [0, 0.05) is 18.3 Å². The minimum Gasteiger partial charge on any atom is -0.480 e. The summed E-state index contributed by atoms with van der Waals surface area (Å²) in [6.45, 7) is 9.31. The van der Waals surface area contributed by atoms with Gasteiger partial charge in [-0.15, -0.1) is 0 Å². The fourth-order valence-electron chi connectivity index (χ4n) is 2.65. The predicted octanol–water partition coefficient (Wildman–Crippen LogP) is -2.41. The molecule has 1 heterocycles. The van der Waals surface area contributed by atoms with Crippen molar-refractivity contribution in [2.24, 2.45) is 52.0 Å². The number of H-pyrrole nitrogens is 1. The fourth-order valence-corrected chi connectivity index (χ4v) is 2.65. The zero-order valence-electron chi connectivity index (χ0n) is 30.5. The number of carboxylic acids is 6. The summed E-state index contributed by atoms with van der Waals surface area (Å²) >= 11 is 0. The summed E-state index contributed by atoms with van der Waals surface area (Å²) in [5.74, 6) is -5.19. The van der Waals surface area contributed by atoms with Gasteiger partial charge >= 0.3 is 35.8 Å². The van der Waals surface area contributed by atoms with Crippen molar-refractivity contribution in [3.63, 3.8) is 0 Å². The molecule has 1 aromatic rings. The number of imidazole rings is 1. The first-order valence-electron chi connectivity index (χ1n) is 16.0. The molecule has 0 aromatic carbocycles. The number of hydrogen-bond donors (Lipinski definition) is 15. The SMILES string of the molecule is CC(C)C[C@@H](N)C(=O)O.CC(C)C[C@H](N)C(=O)O.C[C@@H](N)C(=O)O.NCCCC[C@H](N)C(=O)O.N[C@@H](Cc1cnc[nH]1)C(=O)O.N[C@H](CO)C(=O)O. The summed E-state index contributed by atoms with van der Waals surface area (Å²) < 4.78 is 0. The van der Waals surface area contributed by atoms with Crippen LogP contribution in [0, 0.1) is 11.8 Å². The second-order valence-electron chi connectivity index (χ2n) is 11.9. The quantitative estimate of drug-likeness (QED) is 0.0735. The van der Waals surface area contributed by atoms with Crippen LogP contribution in [0.15, 0.2) is 12.5 Å². The molecule has 6 atom stereocenters. The molecule has 0 saturated carbocycles. The number of nitrogens with two attached hydrogens (primary N) is 7. The lowest BCUT2D eigenvalue weighted by Crippen LogP contribution is -2.33. The third-order valence-corrected chi connectivity index (χ3v) is 5.59. The van der Waals surface area contributed by atoms with Gasteiger partial charge in [-0.3, -0.25) is 28.8 Å². The summed E-state index contributed by atoms with van der Waals surface area (Å²) in [6.07, 6.45) is 6.60. The van der Waals surface area contributed by atoms with E-state index >= 15 is 0 Å². The molecule has 0 saturated heterocycles. The third kappa shape index (κ3) is 43.7. The lowest BCUT2D eigenvalue weighted by molar-refractivity contribution is -0.140. The van der Waals surface area contributed by atoms with E-state index in [2.05, 4.69) is 9.97 Å². The number of nitrogens with one attached hydrogen (secondary N) is 1. The van der Waals surface area contributed by atoms with E-state index in [0.29, 0.717) is 37.6 Å². The van der Waals surface area contributed by atoms with Crippen LogP contribution in [0.3, 0.4) is 0 Å². The minimum atomic E-state index is -1.18. The fraction of sp³-hybridized carbons (Fsp3) is 0.700. The Morgan fingerprint density at radius 2 is 0.981 bits per heavy atom. The normalized spacial score (nSPS) is 13.4. The molecule has 22 N–H and O–H groups in total. The Morgan fingerprint density at radius 3 is 1.17 bits per heavy atom. The highest BCUT2D eigenvalue weighted by molar-refractivity contribution is 5.74. The summed E-state index contributed by atoms with van der Waals surface area (Å²) in [5, 5.41) is 57.1. The van der Waals surface area contributed by atoms with E-state index in [9.17, 15) is 28.8 Å². The first-order chi connectivity index (χ1) is 23.8. The average molecular weight is 758 g/mol. The Labute approximate surface area is 303 Å². The number of aromatic nitrogens is 2. The second-order valence-corrected chi connectivity index (χ2v) is 11.9. The van der Waals surface area contributed by atoms with Crippen LogP contribution >= 0.6 is 0 Å². The summed E-state index contributed by atoms with van der Waals surface area (Å²) in [7, 11) is 0. The van der Waals surface area contributed by atoms with Crippen molar-refractivity contribution in [2.45, 2.75) is 109 Å². The molecular formula is C30H63N9O13. The van der Waals surface area contributed by atoms with Gasteiger partial charge in [0.15, 0.2) is 0 Å². The van der Waals surface area contributed by atoms with Crippen LogP contribution in [-0.2, 0) is 35.2 Å². The zero-order valence-corrected chi connectivity index (χ0v) is 30.5. The Bertz CT molecular complexity index is 1070. The first kappa shape index (κ1) is 57.1. The Balaban J connectivity index is -0.000000172. The van der Waals surface area contributed by atoms with E-state index in [-0.39, 0.29) is 6.42 Å². The predicted molar refractivity (Wildman–Crippen MR) is 191 cm³/mol. The van der Waals surface area contributed by atoms with Crippen molar-refractivity contribution in [1.29, 1.82) is 0 Å². The van der Waals surface area contributed by atoms with Gasteiger partial charge in [-0.05, 0) is 51.0 Å². The highest BCUT2D eigenvalue weighted by Crippen LogP contribution is 2.02. The lowest BCUT2D eigenvalue weighted by Gasteiger charge is -2.07. The Kier molecular flexibility index (Phi) is 38.5. The number of aliphatic carboxylic acids is 6. The molecule has 0 bridgehead atoms. The number of aliphatic hydroxyl groups excluding tert-OH is 1. The molecule has 0 aliphatic heterocycles. The highest BCUT2D eigenvalue weighted by Gasteiger charge is 2.14. The molecule has 0 aliphatic carbocycles. The molecule has 52 heavy (non-hydrogen) atoms. The lowest BCUT2D eigenvalue weighted by atomic mass is 10.1. The minimum absolute atomic E-state index is 0.287. The van der Waals surface area contributed by atoms with Crippen molar-refractivity contribution in [3.8, 4) is 0 Å². The Hall–Kier alpha value is -4.29. The van der Waals surface area contributed by atoms with Crippen LogP contribution in [-0.4, -0.2) is 131 Å². The molecule has 0 aliphatic rings. The van der Waals surface area contributed by atoms with Crippen molar-refractivity contribution < 1.29 is 64.5 Å². The monoisotopic (exact) mass is 757 g/mol. The molecule has 22 nitrogen and oxygen atoms in total. The molecule has 0 unspecified atom stereocenters. The number of aliphatic hydroxyl groups is 1. The molecular weight excluding hydrogens is 694 g/mol. The number of carbonyl (C=O) groups is 6. The average Bonchev–Trinajstić information content (AvgIpc) is 3.54.